The lowest BCUT2D eigenvalue weighted by Gasteiger charge is -2.44. The average Bonchev–Trinajstić information content (AvgIpc) is 3.20. The first-order chi connectivity index (χ1) is 16.2. The lowest BCUT2D eigenvalue weighted by Crippen LogP contribution is -2.46. The smallest absolute Gasteiger partial charge is 0.416 e. The number of alkyl halides is 3. The van der Waals surface area contributed by atoms with Crippen LogP contribution in [-0.4, -0.2) is 42.8 Å². The number of amides is 1. The average molecular weight is 468 g/mol. The van der Waals surface area contributed by atoms with Gasteiger partial charge < -0.3 is 15.4 Å². The molecule has 4 aromatic rings. The molecule has 2 aliphatic rings. The summed E-state index contributed by atoms with van der Waals surface area (Å²) in [6.07, 6.45) is -0.555. The van der Waals surface area contributed by atoms with Crippen LogP contribution >= 0.6 is 0 Å². The number of nitrogens with zero attached hydrogens (tertiary/aromatic N) is 5. The molecule has 2 atom stereocenters. The highest BCUT2D eigenvalue weighted by atomic mass is 19.4. The number of carbonyl (C=O) groups is 1. The van der Waals surface area contributed by atoms with Crippen molar-refractivity contribution in [2.75, 3.05) is 12.3 Å². The minimum atomic E-state index is -4.47. The molecule has 0 aliphatic carbocycles. The Morgan fingerprint density at radius 3 is 2.85 bits per heavy atom. The van der Waals surface area contributed by atoms with Crippen LogP contribution in [0.2, 0.25) is 0 Å². The molecule has 2 bridgehead atoms. The molecular formula is C23H19F3N6O2. The second-order valence-electron chi connectivity index (χ2n) is 8.63. The quantitative estimate of drug-likeness (QED) is 0.455. The van der Waals surface area contributed by atoms with E-state index in [1.165, 1.54) is 12.3 Å². The first-order valence-electron chi connectivity index (χ1n) is 10.8. The van der Waals surface area contributed by atoms with Crippen LogP contribution in [0.5, 0.6) is 5.75 Å². The molecule has 34 heavy (non-hydrogen) atoms. The van der Waals surface area contributed by atoms with E-state index in [0.29, 0.717) is 47.3 Å². The van der Waals surface area contributed by atoms with E-state index in [1.807, 2.05) is 6.92 Å². The van der Waals surface area contributed by atoms with Gasteiger partial charge in [-0.25, -0.2) is 15.0 Å². The fraction of sp³-hybridized carbons (Fsp3) is 0.304. The molecular weight excluding hydrogens is 449 g/mol. The maximum atomic E-state index is 13.6. The summed E-state index contributed by atoms with van der Waals surface area (Å²) in [4.78, 5) is 28.2. The van der Waals surface area contributed by atoms with Crippen LogP contribution in [0.1, 0.15) is 46.2 Å². The number of halogens is 3. The predicted octanol–water partition coefficient (Wildman–Crippen LogP) is 3.93. The fourth-order valence-corrected chi connectivity index (χ4v) is 4.94. The predicted molar refractivity (Wildman–Crippen MR) is 116 cm³/mol. The Morgan fingerprint density at radius 1 is 1.24 bits per heavy atom. The van der Waals surface area contributed by atoms with Gasteiger partial charge in [0.2, 0.25) is 0 Å². The van der Waals surface area contributed by atoms with Gasteiger partial charge in [-0.3, -0.25) is 9.20 Å². The Balaban J connectivity index is 1.40. The van der Waals surface area contributed by atoms with Gasteiger partial charge in [-0.2, -0.15) is 13.2 Å². The van der Waals surface area contributed by atoms with Crippen molar-refractivity contribution in [2.24, 2.45) is 0 Å². The third-order valence-electron chi connectivity index (χ3n) is 6.58. The number of imidazole rings is 1. The van der Waals surface area contributed by atoms with Gasteiger partial charge in [0.05, 0.1) is 29.0 Å². The summed E-state index contributed by atoms with van der Waals surface area (Å²) >= 11 is 0. The summed E-state index contributed by atoms with van der Waals surface area (Å²) in [5.41, 5.74) is 8.62. The lowest BCUT2D eigenvalue weighted by atomic mass is 9.89. The van der Waals surface area contributed by atoms with Crippen molar-refractivity contribution in [3.8, 4) is 5.75 Å². The van der Waals surface area contributed by atoms with E-state index >= 15 is 0 Å². The number of rotatable bonds is 1. The minimum absolute atomic E-state index is 0.176. The van der Waals surface area contributed by atoms with Gasteiger partial charge in [0.1, 0.15) is 34.9 Å². The fourth-order valence-electron chi connectivity index (χ4n) is 4.94. The first kappa shape index (κ1) is 20.7. The summed E-state index contributed by atoms with van der Waals surface area (Å²) in [5, 5.41) is 0. The number of anilines is 1. The summed E-state index contributed by atoms with van der Waals surface area (Å²) < 4.78 is 47.2. The normalized spacial score (nSPS) is 19.8. The number of carbonyl (C=O) groups excluding carboxylic acids is 1. The molecule has 2 N–H and O–H groups in total. The Labute approximate surface area is 191 Å². The van der Waals surface area contributed by atoms with E-state index in [-0.39, 0.29) is 23.5 Å². The molecule has 0 saturated carbocycles. The molecule has 0 radical (unpaired) electrons. The summed E-state index contributed by atoms with van der Waals surface area (Å²) in [6, 6.07) is 4.71. The zero-order valence-electron chi connectivity index (χ0n) is 18.0. The van der Waals surface area contributed by atoms with E-state index in [2.05, 4.69) is 15.0 Å². The maximum Gasteiger partial charge on any atom is 0.416 e. The molecule has 1 saturated heterocycles. The second-order valence-corrected chi connectivity index (χ2v) is 8.63. The number of likely N-dealkylation sites (tertiary alicyclic amines) is 1. The number of aromatic nitrogens is 4. The Hall–Kier alpha value is -3.89. The molecule has 2 aliphatic heterocycles. The first-order valence-corrected chi connectivity index (χ1v) is 10.8. The standard InChI is InChI=1S/C23H19F3N6O2/c1-11-20-21(27)30-16-9-28-15(8-18(16)32(20)10-29-11)22(33)31-5-4-13-7-17(31)14-3-2-12(23(24,25)26)6-19(14)34-13/h2-3,6,8-10,13,17H,4-5,7H2,1H3,(H2,27,30)/t13-,17+/m0/s1. The Bertz CT molecular complexity index is 1480. The van der Waals surface area contributed by atoms with Crippen molar-refractivity contribution in [2.45, 2.75) is 38.1 Å². The maximum absolute atomic E-state index is 13.6. The summed E-state index contributed by atoms with van der Waals surface area (Å²) in [5.74, 6) is 0.192. The number of hydrogen-bond donors (Lipinski definition) is 1. The van der Waals surface area contributed by atoms with Crippen molar-refractivity contribution in [3.63, 3.8) is 0 Å². The van der Waals surface area contributed by atoms with Gasteiger partial charge in [-0.15, -0.1) is 0 Å². The molecule has 11 heteroatoms. The molecule has 1 aromatic carbocycles. The zero-order chi connectivity index (χ0) is 23.8. The Morgan fingerprint density at radius 2 is 2.06 bits per heavy atom. The van der Waals surface area contributed by atoms with E-state index in [4.69, 9.17) is 10.5 Å². The largest absolute Gasteiger partial charge is 0.490 e. The molecule has 174 valence electrons. The minimum Gasteiger partial charge on any atom is -0.490 e. The van der Waals surface area contributed by atoms with Gasteiger partial charge in [0.15, 0.2) is 5.82 Å². The highest BCUT2D eigenvalue weighted by molar-refractivity contribution is 5.96. The van der Waals surface area contributed by atoms with Gasteiger partial charge >= 0.3 is 6.18 Å². The number of pyridine rings is 1. The number of benzene rings is 1. The van der Waals surface area contributed by atoms with Crippen LogP contribution < -0.4 is 10.5 Å². The number of hydrogen-bond acceptors (Lipinski definition) is 6. The zero-order valence-corrected chi connectivity index (χ0v) is 18.0. The third kappa shape index (κ3) is 3.06. The van der Waals surface area contributed by atoms with Gasteiger partial charge in [0.25, 0.3) is 5.91 Å². The molecule has 8 nitrogen and oxygen atoms in total. The molecule has 3 aromatic heterocycles. The number of nitrogen functional groups attached to an aromatic ring is 1. The third-order valence-corrected chi connectivity index (χ3v) is 6.58. The molecule has 0 spiro atoms. The van der Waals surface area contributed by atoms with Gasteiger partial charge in [0, 0.05) is 24.9 Å². The van der Waals surface area contributed by atoms with Crippen LogP contribution in [0.25, 0.3) is 16.6 Å². The van der Waals surface area contributed by atoms with Crippen LogP contribution in [0.3, 0.4) is 0 Å². The number of ether oxygens (including phenoxy) is 1. The van der Waals surface area contributed by atoms with Crippen LogP contribution in [0.15, 0.2) is 36.8 Å². The second kappa shape index (κ2) is 7.05. The molecule has 5 heterocycles. The van der Waals surface area contributed by atoms with Crippen molar-refractivity contribution >= 4 is 28.3 Å². The summed E-state index contributed by atoms with van der Waals surface area (Å²) in [7, 11) is 0. The van der Waals surface area contributed by atoms with E-state index < -0.39 is 17.8 Å². The molecule has 1 amide bonds. The van der Waals surface area contributed by atoms with E-state index in [1.54, 1.807) is 21.7 Å². The topological polar surface area (TPSA) is 98.6 Å². The SMILES string of the molecule is Cc1ncn2c1c(N)nc1cnc(C(=O)N3CC[C@H]4C[C@@H]3c3ccc(C(F)(F)F)cc3O4)cc12. The van der Waals surface area contributed by atoms with E-state index in [0.717, 1.165) is 17.8 Å². The van der Waals surface area contributed by atoms with Gasteiger partial charge in [-0.05, 0) is 25.1 Å². The molecule has 1 fully saturated rings. The number of aryl methyl sites for hydroxylation is 1. The number of piperidine rings is 1. The monoisotopic (exact) mass is 468 g/mol. The van der Waals surface area contributed by atoms with Crippen molar-refractivity contribution in [3.05, 3.63) is 59.3 Å². The highest BCUT2D eigenvalue weighted by Crippen LogP contribution is 2.45. The van der Waals surface area contributed by atoms with Crippen molar-refractivity contribution < 1.29 is 22.7 Å². The van der Waals surface area contributed by atoms with Crippen LogP contribution in [0, 0.1) is 6.92 Å². The van der Waals surface area contributed by atoms with E-state index in [9.17, 15) is 18.0 Å². The molecule has 0 unspecified atom stereocenters. The Kier molecular flexibility index (Phi) is 4.29. The van der Waals surface area contributed by atoms with Crippen molar-refractivity contribution in [1.29, 1.82) is 0 Å². The summed E-state index contributed by atoms with van der Waals surface area (Å²) in [6.45, 7) is 2.23. The lowest BCUT2D eigenvalue weighted by molar-refractivity contribution is -0.137. The highest BCUT2D eigenvalue weighted by Gasteiger charge is 2.41. The van der Waals surface area contributed by atoms with Crippen LogP contribution in [-0.2, 0) is 6.18 Å². The van der Waals surface area contributed by atoms with Gasteiger partial charge in [-0.1, -0.05) is 6.07 Å². The number of fused-ring (bicyclic) bond motifs is 7. The van der Waals surface area contributed by atoms with Crippen LogP contribution in [0.4, 0.5) is 19.0 Å². The number of nitrogens with two attached hydrogens (primary N) is 1. The van der Waals surface area contributed by atoms with Crippen molar-refractivity contribution in [1.82, 2.24) is 24.3 Å². The molecule has 6 rings (SSSR count).